The van der Waals surface area contributed by atoms with Crippen molar-refractivity contribution in [3.8, 4) is 0 Å². The fourth-order valence-corrected chi connectivity index (χ4v) is 2.43. The summed E-state index contributed by atoms with van der Waals surface area (Å²) in [5.41, 5.74) is 0. The molecule has 2 aliphatic rings. The Morgan fingerprint density at radius 2 is 2.33 bits per heavy atom. The molecule has 0 aromatic rings. The molecule has 0 aromatic carbocycles. The van der Waals surface area contributed by atoms with Gasteiger partial charge in [0, 0.05) is 12.5 Å². The van der Waals surface area contributed by atoms with Crippen LogP contribution in [0.5, 0.6) is 0 Å². The molecule has 1 saturated heterocycles. The molecule has 1 N–H and O–H groups in total. The molecule has 2 atom stereocenters. The van der Waals surface area contributed by atoms with Crippen LogP contribution >= 0.6 is 0 Å². The van der Waals surface area contributed by atoms with Crippen LogP contribution < -0.4 is 5.32 Å². The molecule has 0 radical (unpaired) electrons. The van der Waals surface area contributed by atoms with E-state index in [4.69, 9.17) is 9.47 Å². The maximum atomic E-state index is 5.73. The van der Waals surface area contributed by atoms with Crippen LogP contribution in [-0.4, -0.2) is 32.9 Å². The molecular weight excluding hydrogens is 190 g/mol. The van der Waals surface area contributed by atoms with Crippen LogP contribution in [0.4, 0.5) is 0 Å². The maximum Gasteiger partial charge on any atom is 0.109 e. The molecule has 0 spiro atoms. The Labute approximate surface area is 91.8 Å². The zero-order valence-electron chi connectivity index (χ0n) is 9.50. The van der Waals surface area contributed by atoms with E-state index in [1.807, 2.05) is 7.05 Å². The van der Waals surface area contributed by atoms with Crippen LogP contribution in [0, 0.1) is 5.92 Å². The van der Waals surface area contributed by atoms with Crippen LogP contribution in [0.2, 0.25) is 0 Å². The minimum atomic E-state index is 0.352. The molecule has 2 aliphatic heterocycles. The van der Waals surface area contributed by atoms with E-state index >= 15 is 0 Å². The van der Waals surface area contributed by atoms with Crippen LogP contribution in [-0.2, 0) is 9.47 Å². The molecule has 0 aliphatic carbocycles. The molecule has 15 heavy (non-hydrogen) atoms. The average molecular weight is 211 g/mol. The molecule has 2 unspecified atom stereocenters. The molecular formula is C12H21NO2. The number of allylic oxidation sites excluding steroid dienone is 1. The lowest BCUT2D eigenvalue weighted by Crippen LogP contribution is -2.40. The monoisotopic (exact) mass is 211 g/mol. The van der Waals surface area contributed by atoms with Crippen molar-refractivity contribution in [3.05, 3.63) is 11.8 Å². The lowest BCUT2D eigenvalue weighted by molar-refractivity contribution is 0.0329. The second-order valence-corrected chi connectivity index (χ2v) is 4.34. The number of hydrogen-bond acceptors (Lipinski definition) is 3. The summed E-state index contributed by atoms with van der Waals surface area (Å²) in [5.74, 6) is 1.72. The van der Waals surface area contributed by atoms with E-state index in [1.54, 1.807) is 0 Å². The first-order chi connectivity index (χ1) is 7.42. The third-order valence-electron chi connectivity index (χ3n) is 3.25. The van der Waals surface area contributed by atoms with Crippen molar-refractivity contribution in [1.29, 1.82) is 0 Å². The van der Waals surface area contributed by atoms with Gasteiger partial charge >= 0.3 is 0 Å². The van der Waals surface area contributed by atoms with Gasteiger partial charge in [-0.25, -0.2) is 0 Å². The lowest BCUT2D eigenvalue weighted by atomic mass is 9.91. The quantitative estimate of drug-likeness (QED) is 0.770. The number of ether oxygens (including phenoxy) is 2. The number of hydrogen-bond donors (Lipinski definition) is 1. The summed E-state index contributed by atoms with van der Waals surface area (Å²) in [6.07, 6.45) is 6.96. The molecule has 0 aromatic heterocycles. The third kappa shape index (κ3) is 2.73. The summed E-state index contributed by atoms with van der Waals surface area (Å²) in [7, 11) is 2.01. The number of nitrogens with one attached hydrogen (secondary N) is 1. The smallest absolute Gasteiger partial charge is 0.109 e. The van der Waals surface area contributed by atoms with Gasteiger partial charge < -0.3 is 14.8 Å². The van der Waals surface area contributed by atoms with Crippen molar-refractivity contribution >= 4 is 0 Å². The molecule has 3 heteroatoms. The van der Waals surface area contributed by atoms with E-state index in [9.17, 15) is 0 Å². The van der Waals surface area contributed by atoms with Crippen molar-refractivity contribution in [1.82, 2.24) is 5.32 Å². The highest BCUT2D eigenvalue weighted by Crippen LogP contribution is 2.24. The topological polar surface area (TPSA) is 30.5 Å². The van der Waals surface area contributed by atoms with E-state index in [0.29, 0.717) is 12.0 Å². The van der Waals surface area contributed by atoms with Crippen LogP contribution in [0.3, 0.4) is 0 Å². The minimum Gasteiger partial charge on any atom is -0.497 e. The summed E-state index contributed by atoms with van der Waals surface area (Å²) < 4.78 is 11.3. The second-order valence-electron chi connectivity index (χ2n) is 4.34. The van der Waals surface area contributed by atoms with Gasteiger partial charge in [0.2, 0.25) is 0 Å². The molecule has 0 saturated carbocycles. The molecule has 86 valence electrons. The van der Waals surface area contributed by atoms with Crippen LogP contribution in [0.25, 0.3) is 0 Å². The van der Waals surface area contributed by atoms with Crippen molar-refractivity contribution in [2.75, 3.05) is 26.9 Å². The van der Waals surface area contributed by atoms with Crippen LogP contribution in [0.15, 0.2) is 11.8 Å². The first-order valence-corrected chi connectivity index (χ1v) is 5.99. The van der Waals surface area contributed by atoms with Gasteiger partial charge in [0.05, 0.1) is 19.3 Å². The molecule has 2 heterocycles. The SMILES string of the molecule is CNC(C1=CCCCO1)C1CCCOC1. The summed E-state index contributed by atoms with van der Waals surface area (Å²) in [4.78, 5) is 0. The van der Waals surface area contributed by atoms with Gasteiger partial charge in [0.25, 0.3) is 0 Å². The predicted octanol–water partition coefficient (Wildman–Crippen LogP) is 1.70. The normalized spacial score (nSPS) is 29.1. The average Bonchev–Trinajstić information content (AvgIpc) is 2.33. The number of likely N-dealkylation sites (N-methyl/N-ethyl adjacent to an activating group) is 1. The number of rotatable bonds is 3. The van der Waals surface area contributed by atoms with E-state index in [2.05, 4.69) is 11.4 Å². The standard InChI is InChI=1S/C12H21NO2/c1-13-12(10-5-4-7-14-9-10)11-6-2-3-8-15-11/h6,10,12-13H,2-5,7-9H2,1H3. The summed E-state index contributed by atoms with van der Waals surface area (Å²) >= 11 is 0. The molecule has 3 nitrogen and oxygen atoms in total. The molecule has 0 amide bonds. The maximum absolute atomic E-state index is 5.73. The summed E-state index contributed by atoms with van der Waals surface area (Å²) in [5, 5.41) is 3.37. The Morgan fingerprint density at radius 3 is 2.93 bits per heavy atom. The van der Waals surface area contributed by atoms with E-state index in [1.165, 1.54) is 12.8 Å². The largest absolute Gasteiger partial charge is 0.497 e. The van der Waals surface area contributed by atoms with Crippen molar-refractivity contribution in [3.63, 3.8) is 0 Å². The van der Waals surface area contributed by atoms with Crippen molar-refractivity contribution < 1.29 is 9.47 Å². The summed E-state index contributed by atoms with van der Waals surface area (Å²) in [6.45, 7) is 2.66. The molecule has 0 bridgehead atoms. The minimum absolute atomic E-state index is 0.352. The Bertz CT molecular complexity index is 222. The van der Waals surface area contributed by atoms with E-state index < -0.39 is 0 Å². The highest BCUT2D eigenvalue weighted by Gasteiger charge is 2.27. The fraction of sp³-hybridized carbons (Fsp3) is 0.833. The van der Waals surface area contributed by atoms with Crippen molar-refractivity contribution in [2.45, 2.75) is 31.7 Å². The van der Waals surface area contributed by atoms with Gasteiger partial charge in [-0.15, -0.1) is 0 Å². The van der Waals surface area contributed by atoms with E-state index in [-0.39, 0.29) is 0 Å². The first-order valence-electron chi connectivity index (χ1n) is 5.99. The zero-order chi connectivity index (χ0) is 10.5. The first kappa shape index (κ1) is 11.0. The Morgan fingerprint density at radius 1 is 1.40 bits per heavy atom. The van der Waals surface area contributed by atoms with Crippen molar-refractivity contribution in [2.24, 2.45) is 5.92 Å². The van der Waals surface area contributed by atoms with Gasteiger partial charge in [0.15, 0.2) is 0 Å². The van der Waals surface area contributed by atoms with Gasteiger partial charge in [-0.1, -0.05) is 0 Å². The van der Waals surface area contributed by atoms with Gasteiger partial charge in [-0.2, -0.15) is 0 Å². The van der Waals surface area contributed by atoms with Gasteiger partial charge in [-0.3, -0.25) is 0 Å². The lowest BCUT2D eigenvalue weighted by Gasteiger charge is -2.32. The highest BCUT2D eigenvalue weighted by atomic mass is 16.5. The van der Waals surface area contributed by atoms with Crippen LogP contribution in [0.1, 0.15) is 25.7 Å². The Balaban J connectivity index is 1.98. The fourth-order valence-electron chi connectivity index (χ4n) is 2.43. The zero-order valence-corrected chi connectivity index (χ0v) is 9.50. The van der Waals surface area contributed by atoms with Gasteiger partial charge in [0.1, 0.15) is 5.76 Å². The summed E-state index contributed by atoms with van der Waals surface area (Å²) in [6, 6.07) is 0.352. The Hall–Kier alpha value is -0.540. The van der Waals surface area contributed by atoms with E-state index in [0.717, 1.165) is 38.4 Å². The highest BCUT2D eigenvalue weighted by molar-refractivity contribution is 5.07. The predicted molar refractivity (Wildman–Crippen MR) is 59.7 cm³/mol. The van der Waals surface area contributed by atoms with Gasteiger partial charge in [-0.05, 0) is 38.8 Å². The third-order valence-corrected chi connectivity index (χ3v) is 3.25. The molecule has 1 fully saturated rings. The second kappa shape index (κ2) is 5.52. The molecule has 2 rings (SSSR count). The Kier molecular flexibility index (Phi) is 4.03.